The van der Waals surface area contributed by atoms with Crippen LogP contribution in [-0.4, -0.2) is 26.1 Å². The molecule has 1 atom stereocenters. The summed E-state index contributed by atoms with van der Waals surface area (Å²) in [4.78, 5) is 14.4. The predicted molar refractivity (Wildman–Crippen MR) is 102 cm³/mol. The van der Waals surface area contributed by atoms with E-state index < -0.39 is 15.8 Å². The molecule has 0 saturated carbocycles. The average molecular weight is 394 g/mol. The van der Waals surface area contributed by atoms with Crippen LogP contribution in [0.5, 0.6) is 0 Å². The van der Waals surface area contributed by atoms with Crippen molar-refractivity contribution in [1.29, 1.82) is 0 Å². The summed E-state index contributed by atoms with van der Waals surface area (Å²) in [6.07, 6.45) is 0. The van der Waals surface area contributed by atoms with Crippen LogP contribution < -0.4 is 9.62 Å². The van der Waals surface area contributed by atoms with Gasteiger partial charge in [-0.3, -0.25) is 9.52 Å². The van der Waals surface area contributed by atoms with Crippen molar-refractivity contribution in [2.45, 2.75) is 35.8 Å². The van der Waals surface area contributed by atoms with E-state index >= 15 is 0 Å². The molecule has 138 valence electrons. The van der Waals surface area contributed by atoms with Gasteiger partial charge in [-0.2, -0.15) is 0 Å². The summed E-state index contributed by atoms with van der Waals surface area (Å²) in [5.41, 5.74) is 1.17. The Morgan fingerprint density at radius 2 is 2.00 bits per heavy atom. The molecule has 26 heavy (non-hydrogen) atoms. The smallest absolute Gasteiger partial charge is 0.261 e. The molecule has 0 unspecified atom stereocenters. The zero-order valence-electron chi connectivity index (χ0n) is 14.6. The minimum atomic E-state index is -3.90. The van der Waals surface area contributed by atoms with Crippen LogP contribution in [0.1, 0.15) is 19.4 Å². The summed E-state index contributed by atoms with van der Waals surface area (Å²) in [5.74, 6) is -0.620. The minimum Gasteiger partial charge on any atom is -0.310 e. The third kappa shape index (κ3) is 3.71. The van der Waals surface area contributed by atoms with E-state index in [9.17, 15) is 17.6 Å². The van der Waals surface area contributed by atoms with Gasteiger partial charge in [0.2, 0.25) is 5.91 Å². The molecule has 0 spiro atoms. The van der Waals surface area contributed by atoms with Crippen LogP contribution >= 0.6 is 11.8 Å². The Balaban J connectivity index is 1.97. The highest BCUT2D eigenvalue weighted by atomic mass is 32.2. The van der Waals surface area contributed by atoms with Crippen molar-refractivity contribution in [2.75, 3.05) is 16.2 Å². The van der Waals surface area contributed by atoms with Crippen molar-refractivity contribution >= 4 is 39.1 Å². The van der Waals surface area contributed by atoms with Gasteiger partial charge in [-0.15, -0.1) is 11.8 Å². The van der Waals surface area contributed by atoms with Gasteiger partial charge in [0.1, 0.15) is 5.82 Å². The summed E-state index contributed by atoms with van der Waals surface area (Å²) < 4.78 is 41.4. The topological polar surface area (TPSA) is 66.5 Å². The van der Waals surface area contributed by atoms with Gasteiger partial charge in [-0.25, -0.2) is 12.8 Å². The fourth-order valence-corrected chi connectivity index (χ4v) is 4.92. The lowest BCUT2D eigenvalue weighted by Crippen LogP contribution is -2.37. The van der Waals surface area contributed by atoms with Gasteiger partial charge in [0.25, 0.3) is 10.0 Å². The molecule has 2 aromatic rings. The number of amides is 1. The van der Waals surface area contributed by atoms with E-state index in [-0.39, 0.29) is 21.7 Å². The second-order valence-electron chi connectivity index (χ2n) is 6.26. The summed E-state index contributed by atoms with van der Waals surface area (Å²) in [6.45, 7) is 5.60. The van der Waals surface area contributed by atoms with Gasteiger partial charge >= 0.3 is 0 Å². The molecule has 8 heteroatoms. The first-order valence-corrected chi connectivity index (χ1v) is 10.4. The van der Waals surface area contributed by atoms with Crippen molar-refractivity contribution in [3.05, 3.63) is 47.8 Å². The number of thioether (sulfide) groups is 1. The molecule has 1 aliphatic rings. The molecule has 3 rings (SSSR count). The Bertz CT molecular complexity index is 976. The van der Waals surface area contributed by atoms with Crippen LogP contribution in [0.2, 0.25) is 0 Å². The van der Waals surface area contributed by atoms with E-state index in [0.29, 0.717) is 17.8 Å². The van der Waals surface area contributed by atoms with E-state index in [1.54, 1.807) is 29.7 Å². The lowest BCUT2D eigenvalue weighted by atomic mass is 10.2. The number of sulfonamides is 1. The average Bonchev–Trinajstić information content (AvgIpc) is 2.56. The SMILES string of the molecule is CC(=O)N1C[C@@H](C)Sc2ccc(S(=O)(=O)Nc3ccc(C)c(F)c3)cc21. The zero-order chi connectivity index (χ0) is 19.1. The first-order valence-electron chi connectivity index (χ1n) is 8.05. The number of hydrogen-bond acceptors (Lipinski definition) is 4. The summed E-state index contributed by atoms with van der Waals surface area (Å²) in [7, 11) is -3.90. The zero-order valence-corrected chi connectivity index (χ0v) is 16.2. The van der Waals surface area contributed by atoms with Crippen molar-refractivity contribution in [2.24, 2.45) is 0 Å². The largest absolute Gasteiger partial charge is 0.310 e. The minimum absolute atomic E-state index is 0.0265. The van der Waals surface area contributed by atoms with Gasteiger partial charge in [0.15, 0.2) is 0 Å². The van der Waals surface area contributed by atoms with Crippen LogP contribution in [0.15, 0.2) is 46.2 Å². The van der Waals surface area contributed by atoms with Crippen molar-refractivity contribution in [3.63, 3.8) is 0 Å². The Kier molecular flexibility index (Phi) is 4.98. The fourth-order valence-electron chi connectivity index (χ4n) is 2.75. The van der Waals surface area contributed by atoms with Gasteiger partial charge in [0.05, 0.1) is 16.3 Å². The van der Waals surface area contributed by atoms with E-state index in [2.05, 4.69) is 4.72 Å². The number of nitrogens with zero attached hydrogens (tertiary/aromatic N) is 1. The molecule has 0 saturated heterocycles. The Morgan fingerprint density at radius 3 is 2.65 bits per heavy atom. The number of hydrogen-bond donors (Lipinski definition) is 1. The first-order chi connectivity index (χ1) is 12.2. The monoisotopic (exact) mass is 394 g/mol. The molecule has 0 aromatic heterocycles. The highest BCUT2D eigenvalue weighted by molar-refractivity contribution is 8.00. The summed E-state index contributed by atoms with van der Waals surface area (Å²) in [6, 6.07) is 8.85. The molecule has 5 nitrogen and oxygen atoms in total. The lowest BCUT2D eigenvalue weighted by molar-refractivity contribution is -0.116. The van der Waals surface area contributed by atoms with Crippen LogP contribution in [0.25, 0.3) is 0 Å². The third-order valence-electron chi connectivity index (χ3n) is 4.10. The third-order valence-corrected chi connectivity index (χ3v) is 6.63. The van der Waals surface area contributed by atoms with Gasteiger partial charge in [0, 0.05) is 23.6 Å². The molecular formula is C18H19FN2O3S2. The number of carbonyl (C=O) groups excluding carboxylic acids is 1. The molecule has 0 bridgehead atoms. The number of benzene rings is 2. The van der Waals surface area contributed by atoms with Crippen molar-refractivity contribution in [1.82, 2.24) is 0 Å². The molecule has 0 aliphatic carbocycles. The Morgan fingerprint density at radius 1 is 1.27 bits per heavy atom. The number of carbonyl (C=O) groups is 1. The first kappa shape index (κ1) is 18.7. The molecule has 0 radical (unpaired) electrons. The normalized spacial score (nSPS) is 16.9. The number of anilines is 2. The quantitative estimate of drug-likeness (QED) is 0.860. The van der Waals surface area contributed by atoms with Crippen molar-refractivity contribution in [3.8, 4) is 0 Å². The number of rotatable bonds is 3. The van der Waals surface area contributed by atoms with Crippen LogP contribution in [0.3, 0.4) is 0 Å². The van der Waals surface area contributed by atoms with Crippen LogP contribution in [0.4, 0.5) is 15.8 Å². The van der Waals surface area contributed by atoms with Gasteiger partial charge in [-0.1, -0.05) is 13.0 Å². The van der Waals surface area contributed by atoms with E-state index in [1.807, 2.05) is 6.92 Å². The maximum atomic E-state index is 13.7. The summed E-state index contributed by atoms with van der Waals surface area (Å²) >= 11 is 1.60. The molecule has 1 heterocycles. The van der Waals surface area contributed by atoms with E-state index in [1.165, 1.54) is 31.2 Å². The van der Waals surface area contributed by atoms with E-state index in [0.717, 1.165) is 11.0 Å². The number of aryl methyl sites for hydroxylation is 1. The molecule has 1 amide bonds. The second-order valence-corrected chi connectivity index (χ2v) is 9.42. The predicted octanol–water partition coefficient (Wildman–Crippen LogP) is 3.78. The van der Waals surface area contributed by atoms with Crippen LogP contribution in [-0.2, 0) is 14.8 Å². The van der Waals surface area contributed by atoms with Gasteiger partial charge in [-0.05, 0) is 42.8 Å². The fraction of sp³-hybridized carbons (Fsp3) is 0.278. The lowest BCUT2D eigenvalue weighted by Gasteiger charge is -2.32. The Labute approximate surface area is 156 Å². The molecule has 0 fully saturated rings. The van der Waals surface area contributed by atoms with Crippen LogP contribution in [0, 0.1) is 12.7 Å². The highest BCUT2D eigenvalue weighted by Crippen LogP contribution is 2.39. The second kappa shape index (κ2) is 6.92. The maximum Gasteiger partial charge on any atom is 0.261 e. The number of nitrogens with one attached hydrogen (secondary N) is 1. The van der Waals surface area contributed by atoms with Gasteiger partial charge < -0.3 is 4.90 Å². The maximum absolute atomic E-state index is 13.7. The number of halogens is 1. The van der Waals surface area contributed by atoms with Crippen molar-refractivity contribution < 1.29 is 17.6 Å². The molecular weight excluding hydrogens is 375 g/mol. The summed E-state index contributed by atoms with van der Waals surface area (Å²) in [5, 5.41) is 0.225. The number of fused-ring (bicyclic) bond motifs is 1. The molecule has 1 N–H and O–H groups in total. The highest BCUT2D eigenvalue weighted by Gasteiger charge is 2.27. The molecule has 2 aromatic carbocycles. The molecule has 1 aliphatic heterocycles. The standard InChI is InChI=1S/C18H19FN2O3S2/c1-11-4-5-14(8-16(11)19)20-26(23,24)15-6-7-18-17(9-15)21(13(3)22)10-12(2)25-18/h4-9,12,20H,10H2,1-3H3/t12-/m1/s1. The Hall–Kier alpha value is -2.06. The van der Waals surface area contributed by atoms with E-state index in [4.69, 9.17) is 0 Å².